The average Bonchev–Trinajstić information content (AvgIpc) is 3.03. The molecule has 2 heterocycles. The lowest BCUT2D eigenvalue weighted by Crippen LogP contribution is -2.49. The van der Waals surface area contributed by atoms with Crippen molar-refractivity contribution in [1.29, 1.82) is 0 Å². The van der Waals surface area contributed by atoms with Gasteiger partial charge in [0, 0.05) is 38.8 Å². The largest absolute Gasteiger partial charge is 0.310 e. The van der Waals surface area contributed by atoms with Gasteiger partial charge in [0.1, 0.15) is 5.82 Å². The van der Waals surface area contributed by atoms with Crippen molar-refractivity contribution in [2.75, 3.05) is 44.6 Å². The summed E-state index contributed by atoms with van der Waals surface area (Å²) in [6, 6.07) is 10.2. The molecule has 1 saturated heterocycles. The second-order valence-electron chi connectivity index (χ2n) is 7.88. The smallest absolute Gasteiger partial charge is 0.239 e. The second-order valence-corrected chi connectivity index (χ2v) is 7.88. The molecule has 0 unspecified atom stereocenters. The molecule has 0 atom stereocenters. The molecule has 0 saturated carbocycles. The lowest BCUT2D eigenvalue weighted by atomic mass is 10.1. The average molecular weight is 370 g/mol. The van der Waals surface area contributed by atoms with E-state index in [0.717, 1.165) is 38.5 Å². The van der Waals surface area contributed by atoms with Crippen molar-refractivity contribution < 1.29 is 4.79 Å². The topological polar surface area (TPSA) is 53.4 Å². The van der Waals surface area contributed by atoms with Gasteiger partial charge >= 0.3 is 0 Å². The van der Waals surface area contributed by atoms with Crippen LogP contribution in [0.1, 0.15) is 25.0 Å². The minimum Gasteiger partial charge on any atom is -0.310 e. The van der Waals surface area contributed by atoms with Gasteiger partial charge in [-0.3, -0.25) is 9.69 Å². The molecule has 1 aromatic carbocycles. The molecule has 146 valence electrons. The molecule has 1 aromatic heterocycles. The van der Waals surface area contributed by atoms with Gasteiger partial charge < -0.3 is 10.2 Å². The number of piperazine rings is 1. The first-order valence-electron chi connectivity index (χ1n) is 9.81. The number of hydrogen-bond donors (Lipinski definition) is 1. The highest BCUT2D eigenvalue weighted by atomic mass is 16.2. The molecule has 1 aliphatic rings. The highest BCUT2D eigenvalue weighted by molar-refractivity contribution is 5.91. The number of hydrogen-bond acceptors (Lipinski definition) is 4. The molecule has 3 rings (SSSR count). The van der Waals surface area contributed by atoms with Crippen LogP contribution < -0.4 is 5.32 Å². The summed E-state index contributed by atoms with van der Waals surface area (Å²) in [6.07, 6.45) is 1.73. The Morgan fingerprint density at radius 2 is 1.89 bits per heavy atom. The maximum absolute atomic E-state index is 12.5. The van der Waals surface area contributed by atoms with Gasteiger partial charge in [-0.2, -0.15) is 5.10 Å². The van der Waals surface area contributed by atoms with E-state index in [9.17, 15) is 4.79 Å². The van der Waals surface area contributed by atoms with Gasteiger partial charge in [-0.25, -0.2) is 4.68 Å². The van der Waals surface area contributed by atoms with Crippen molar-refractivity contribution in [1.82, 2.24) is 19.6 Å². The summed E-state index contributed by atoms with van der Waals surface area (Å²) in [5.41, 5.74) is 2.40. The molecule has 1 fully saturated rings. The number of amides is 1. The van der Waals surface area contributed by atoms with Crippen molar-refractivity contribution in [2.24, 2.45) is 5.92 Å². The van der Waals surface area contributed by atoms with Gasteiger partial charge in [-0.05, 0) is 18.4 Å². The molecular weight excluding hydrogens is 338 g/mol. The van der Waals surface area contributed by atoms with E-state index in [0.29, 0.717) is 19.0 Å². The molecule has 0 spiro atoms. The predicted molar refractivity (Wildman–Crippen MR) is 109 cm³/mol. The van der Waals surface area contributed by atoms with Crippen molar-refractivity contribution in [2.45, 2.75) is 27.3 Å². The maximum atomic E-state index is 12.5. The minimum atomic E-state index is 0.0262. The second kappa shape index (κ2) is 9.15. The van der Waals surface area contributed by atoms with Crippen LogP contribution >= 0.6 is 0 Å². The standard InChI is InChI=1S/C21H31N5O/c1-17(2)14-24-9-11-25(12-10-24)16-21(27)23-20-7-8-22-26(20)15-19-6-4-5-18(3)13-19/h4-8,13,17H,9-12,14-16H2,1-3H3,(H,23,27). The van der Waals surface area contributed by atoms with Crippen LogP contribution in [0.2, 0.25) is 0 Å². The van der Waals surface area contributed by atoms with Gasteiger partial charge in [0.2, 0.25) is 5.91 Å². The molecule has 1 aliphatic heterocycles. The van der Waals surface area contributed by atoms with Crippen molar-refractivity contribution >= 4 is 11.7 Å². The number of anilines is 1. The minimum absolute atomic E-state index is 0.0262. The number of nitrogens with zero attached hydrogens (tertiary/aromatic N) is 4. The quantitative estimate of drug-likeness (QED) is 0.815. The maximum Gasteiger partial charge on any atom is 0.239 e. The van der Waals surface area contributed by atoms with E-state index in [1.807, 2.05) is 16.8 Å². The summed E-state index contributed by atoms with van der Waals surface area (Å²) in [5.74, 6) is 1.46. The third-order valence-corrected chi connectivity index (χ3v) is 4.85. The summed E-state index contributed by atoms with van der Waals surface area (Å²) in [4.78, 5) is 17.2. The molecular formula is C21H31N5O. The van der Waals surface area contributed by atoms with Crippen LogP contribution in [0.4, 0.5) is 5.82 Å². The van der Waals surface area contributed by atoms with E-state index >= 15 is 0 Å². The van der Waals surface area contributed by atoms with E-state index in [1.54, 1.807) is 6.20 Å². The Morgan fingerprint density at radius 1 is 1.15 bits per heavy atom. The van der Waals surface area contributed by atoms with E-state index in [1.165, 1.54) is 11.1 Å². The zero-order valence-corrected chi connectivity index (χ0v) is 16.7. The number of benzene rings is 1. The zero-order chi connectivity index (χ0) is 19.2. The Hall–Kier alpha value is -2.18. The van der Waals surface area contributed by atoms with E-state index in [-0.39, 0.29) is 5.91 Å². The summed E-state index contributed by atoms with van der Waals surface area (Å²) in [5, 5.41) is 7.38. The van der Waals surface area contributed by atoms with Crippen LogP contribution in [-0.2, 0) is 11.3 Å². The van der Waals surface area contributed by atoms with Gasteiger partial charge in [-0.1, -0.05) is 43.7 Å². The molecule has 1 N–H and O–H groups in total. The fourth-order valence-corrected chi connectivity index (χ4v) is 3.58. The monoisotopic (exact) mass is 369 g/mol. The third kappa shape index (κ3) is 5.91. The van der Waals surface area contributed by atoms with Gasteiger partial charge in [0.05, 0.1) is 19.3 Å². The predicted octanol–water partition coefficient (Wildman–Crippen LogP) is 2.45. The number of nitrogens with one attached hydrogen (secondary N) is 1. The Bertz CT molecular complexity index is 747. The van der Waals surface area contributed by atoms with Gasteiger partial charge in [0.15, 0.2) is 0 Å². The van der Waals surface area contributed by atoms with Crippen molar-refractivity contribution in [3.63, 3.8) is 0 Å². The molecule has 6 heteroatoms. The van der Waals surface area contributed by atoms with Crippen LogP contribution in [0, 0.1) is 12.8 Å². The third-order valence-electron chi connectivity index (χ3n) is 4.85. The number of aryl methyl sites for hydroxylation is 1. The molecule has 0 radical (unpaired) electrons. The first-order chi connectivity index (χ1) is 13.0. The summed E-state index contributed by atoms with van der Waals surface area (Å²) >= 11 is 0. The fourth-order valence-electron chi connectivity index (χ4n) is 3.58. The normalized spacial score (nSPS) is 16.0. The SMILES string of the molecule is Cc1cccc(Cn2nccc2NC(=O)CN2CCN(CC(C)C)CC2)c1. The van der Waals surface area contributed by atoms with E-state index in [4.69, 9.17) is 0 Å². The molecule has 27 heavy (non-hydrogen) atoms. The first-order valence-corrected chi connectivity index (χ1v) is 9.81. The molecule has 6 nitrogen and oxygen atoms in total. The Morgan fingerprint density at radius 3 is 2.59 bits per heavy atom. The van der Waals surface area contributed by atoms with Crippen LogP contribution in [-0.4, -0.2) is 64.8 Å². The molecule has 1 amide bonds. The molecule has 0 aliphatic carbocycles. The molecule has 0 bridgehead atoms. The van der Waals surface area contributed by atoms with E-state index in [2.05, 4.69) is 59.2 Å². The first kappa shape index (κ1) is 19.6. The highest BCUT2D eigenvalue weighted by Gasteiger charge is 2.19. The van der Waals surface area contributed by atoms with Crippen LogP contribution in [0.15, 0.2) is 36.5 Å². The number of aromatic nitrogens is 2. The van der Waals surface area contributed by atoms with Crippen molar-refractivity contribution in [3.8, 4) is 0 Å². The number of carbonyl (C=O) groups is 1. The Balaban J connectivity index is 1.50. The van der Waals surface area contributed by atoms with Gasteiger partial charge in [-0.15, -0.1) is 0 Å². The van der Waals surface area contributed by atoms with E-state index < -0.39 is 0 Å². The summed E-state index contributed by atoms with van der Waals surface area (Å²) < 4.78 is 1.84. The van der Waals surface area contributed by atoms with Crippen molar-refractivity contribution in [3.05, 3.63) is 47.7 Å². The van der Waals surface area contributed by atoms with Crippen LogP contribution in [0.5, 0.6) is 0 Å². The number of rotatable bonds is 7. The lowest BCUT2D eigenvalue weighted by molar-refractivity contribution is -0.117. The summed E-state index contributed by atoms with van der Waals surface area (Å²) in [7, 11) is 0. The summed E-state index contributed by atoms with van der Waals surface area (Å²) in [6.45, 7) is 12.8. The lowest BCUT2D eigenvalue weighted by Gasteiger charge is -2.35. The number of carbonyl (C=O) groups excluding carboxylic acids is 1. The van der Waals surface area contributed by atoms with Crippen LogP contribution in [0.3, 0.4) is 0 Å². The zero-order valence-electron chi connectivity index (χ0n) is 16.7. The van der Waals surface area contributed by atoms with Crippen LogP contribution in [0.25, 0.3) is 0 Å². The van der Waals surface area contributed by atoms with Gasteiger partial charge in [0.25, 0.3) is 0 Å². The Kier molecular flexibility index (Phi) is 6.63. The molecule has 2 aromatic rings. The highest BCUT2D eigenvalue weighted by Crippen LogP contribution is 2.12. The fraction of sp³-hybridized carbons (Fsp3) is 0.524. The Labute approximate surface area is 162 Å².